The highest BCUT2D eigenvalue weighted by molar-refractivity contribution is 6.04. The zero-order chi connectivity index (χ0) is 20.2. The van der Waals surface area contributed by atoms with Crippen molar-refractivity contribution in [1.82, 2.24) is 19.7 Å². The maximum absolute atomic E-state index is 12.4. The van der Waals surface area contributed by atoms with E-state index < -0.39 is 6.04 Å². The van der Waals surface area contributed by atoms with Crippen LogP contribution in [0.15, 0.2) is 55.2 Å². The first-order valence-electron chi connectivity index (χ1n) is 9.37. The molecule has 1 atom stereocenters. The van der Waals surface area contributed by atoms with Crippen LogP contribution in [0.3, 0.4) is 0 Å². The van der Waals surface area contributed by atoms with Gasteiger partial charge in [-0.3, -0.25) is 9.59 Å². The van der Waals surface area contributed by atoms with Crippen molar-refractivity contribution >= 4 is 29.0 Å². The van der Waals surface area contributed by atoms with Crippen LogP contribution >= 0.6 is 0 Å². The van der Waals surface area contributed by atoms with Gasteiger partial charge in [-0.05, 0) is 56.2 Å². The van der Waals surface area contributed by atoms with Gasteiger partial charge in [0, 0.05) is 23.6 Å². The van der Waals surface area contributed by atoms with Gasteiger partial charge in [0.05, 0.1) is 5.56 Å². The first kappa shape index (κ1) is 18.6. The minimum atomic E-state index is -0.484. The fourth-order valence-electron chi connectivity index (χ4n) is 2.67. The Kier molecular flexibility index (Phi) is 5.19. The lowest BCUT2D eigenvalue weighted by Gasteiger charge is -2.12. The predicted molar refractivity (Wildman–Crippen MR) is 109 cm³/mol. The highest BCUT2D eigenvalue weighted by Crippen LogP contribution is 2.23. The zero-order valence-electron chi connectivity index (χ0n) is 15.9. The minimum Gasteiger partial charge on any atom is -0.367 e. The number of nitrogens with one attached hydrogen (secondary N) is 3. The molecule has 4 rings (SSSR count). The van der Waals surface area contributed by atoms with Crippen LogP contribution in [0.25, 0.3) is 0 Å². The molecule has 0 saturated heterocycles. The lowest BCUT2D eigenvalue weighted by molar-refractivity contribution is -0.119. The number of carbonyl (C=O) groups excluding carboxylic acids is 2. The Labute approximate surface area is 167 Å². The summed E-state index contributed by atoms with van der Waals surface area (Å²) in [4.78, 5) is 32.8. The third kappa shape index (κ3) is 4.75. The summed E-state index contributed by atoms with van der Waals surface area (Å²) in [7, 11) is 0. The second kappa shape index (κ2) is 8.09. The highest BCUT2D eigenvalue weighted by atomic mass is 16.2. The maximum Gasteiger partial charge on any atom is 0.257 e. The van der Waals surface area contributed by atoms with Crippen LogP contribution < -0.4 is 16.0 Å². The summed E-state index contributed by atoms with van der Waals surface area (Å²) < 4.78 is 1.48. The van der Waals surface area contributed by atoms with Gasteiger partial charge in [-0.1, -0.05) is 0 Å². The second-order valence-electron chi connectivity index (χ2n) is 6.92. The average molecular weight is 391 g/mol. The van der Waals surface area contributed by atoms with E-state index in [1.807, 2.05) is 6.07 Å². The topological polar surface area (TPSA) is 114 Å². The smallest absolute Gasteiger partial charge is 0.257 e. The number of anilines is 3. The molecule has 0 spiro atoms. The lowest BCUT2D eigenvalue weighted by atomic mass is 10.2. The monoisotopic (exact) mass is 391 g/mol. The molecule has 2 amide bonds. The van der Waals surface area contributed by atoms with Crippen LogP contribution in [0.4, 0.5) is 17.2 Å². The van der Waals surface area contributed by atoms with E-state index in [0.29, 0.717) is 23.0 Å². The fraction of sp³-hybridized carbons (Fsp3) is 0.250. The van der Waals surface area contributed by atoms with Gasteiger partial charge in [-0.15, -0.1) is 0 Å². The molecule has 1 aliphatic rings. The normalized spacial score (nSPS) is 14.1. The molecular weight excluding hydrogens is 370 g/mol. The van der Waals surface area contributed by atoms with Crippen molar-refractivity contribution in [2.45, 2.75) is 31.8 Å². The number of pyridine rings is 1. The molecule has 0 radical (unpaired) electrons. The first-order chi connectivity index (χ1) is 14.1. The molecule has 2 heterocycles. The molecule has 1 aliphatic carbocycles. The van der Waals surface area contributed by atoms with Crippen LogP contribution in [-0.2, 0) is 4.79 Å². The van der Waals surface area contributed by atoms with Crippen LogP contribution in [0.5, 0.6) is 0 Å². The Morgan fingerprint density at radius 3 is 2.38 bits per heavy atom. The third-order valence-corrected chi connectivity index (χ3v) is 4.58. The molecule has 1 saturated carbocycles. The van der Waals surface area contributed by atoms with Gasteiger partial charge < -0.3 is 16.0 Å². The van der Waals surface area contributed by atoms with Gasteiger partial charge in [0.1, 0.15) is 24.5 Å². The van der Waals surface area contributed by atoms with Gasteiger partial charge in [0.15, 0.2) is 0 Å². The molecule has 148 valence electrons. The van der Waals surface area contributed by atoms with E-state index in [1.54, 1.807) is 43.5 Å². The molecule has 2 aromatic heterocycles. The van der Waals surface area contributed by atoms with Crippen molar-refractivity contribution in [3.63, 3.8) is 0 Å². The van der Waals surface area contributed by atoms with E-state index >= 15 is 0 Å². The molecule has 3 aromatic rings. The Morgan fingerprint density at radius 2 is 1.79 bits per heavy atom. The summed E-state index contributed by atoms with van der Waals surface area (Å²) in [6, 6.07) is 10.5. The average Bonchev–Trinajstić information content (AvgIpc) is 3.38. The fourth-order valence-corrected chi connectivity index (χ4v) is 2.67. The molecule has 9 nitrogen and oxygen atoms in total. The lowest BCUT2D eigenvalue weighted by Crippen LogP contribution is -2.24. The number of hydrogen-bond acceptors (Lipinski definition) is 6. The number of nitrogens with zero attached hydrogens (tertiary/aromatic N) is 4. The van der Waals surface area contributed by atoms with Crippen molar-refractivity contribution in [1.29, 1.82) is 0 Å². The van der Waals surface area contributed by atoms with E-state index in [9.17, 15) is 9.59 Å². The van der Waals surface area contributed by atoms with E-state index in [-0.39, 0.29) is 11.8 Å². The Balaban J connectivity index is 1.32. The largest absolute Gasteiger partial charge is 0.367 e. The molecule has 3 N–H and O–H groups in total. The number of amides is 2. The van der Waals surface area contributed by atoms with E-state index in [2.05, 4.69) is 31.0 Å². The number of rotatable bonds is 7. The summed E-state index contributed by atoms with van der Waals surface area (Å²) in [5.41, 5.74) is 1.72. The van der Waals surface area contributed by atoms with Crippen molar-refractivity contribution in [3.05, 3.63) is 60.8 Å². The van der Waals surface area contributed by atoms with Crippen molar-refractivity contribution in [2.75, 3.05) is 16.0 Å². The van der Waals surface area contributed by atoms with Gasteiger partial charge in [0.25, 0.3) is 5.91 Å². The van der Waals surface area contributed by atoms with Crippen LogP contribution in [0.2, 0.25) is 0 Å². The van der Waals surface area contributed by atoms with Gasteiger partial charge in [-0.25, -0.2) is 14.6 Å². The first-order valence-corrected chi connectivity index (χ1v) is 9.37. The van der Waals surface area contributed by atoms with Crippen molar-refractivity contribution < 1.29 is 9.59 Å². The van der Waals surface area contributed by atoms with Crippen molar-refractivity contribution in [3.8, 4) is 0 Å². The van der Waals surface area contributed by atoms with E-state index in [1.165, 1.54) is 30.2 Å². The quantitative estimate of drug-likeness (QED) is 0.571. The molecule has 0 bridgehead atoms. The van der Waals surface area contributed by atoms with Gasteiger partial charge in [-0.2, -0.15) is 5.10 Å². The van der Waals surface area contributed by atoms with E-state index in [4.69, 9.17) is 0 Å². The maximum atomic E-state index is 12.4. The Morgan fingerprint density at radius 1 is 1.07 bits per heavy atom. The molecule has 1 fully saturated rings. The molecule has 29 heavy (non-hydrogen) atoms. The summed E-state index contributed by atoms with van der Waals surface area (Å²) in [6.45, 7) is 1.73. The summed E-state index contributed by atoms with van der Waals surface area (Å²) in [6.07, 6.45) is 6.76. The molecule has 9 heteroatoms. The third-order valence-electron chi connectivity index (χ3n) is 4.58. The van der Waals surface area contributed by atoms with Gasteiger partial charge in [0.2, 0.25) is 5.91 Å². The van der Waals surface area contributed by atoms with Crippen LogP contribution in [0, 0.1) is 0 Å². The Hall–Kier alpha value is -3.75. The zero-order valence-corrected chi connectivity index (χ0v) is 15.9. The molecule has 1 unspecified atom stereocenters. The van der Waals surface area contributed by atoms with E-state index in [0.717, 1.165) is 5.82 Å². The summed E-state index contributed by atoms with van der Waals surface area (Å²) in [5, 5.41) is 12.9. The van der Waals surface area contributed by atoms with Gasteiger partial charge >= 0.3 is 0 Å². The Bertz CT molecular complexity index is 981. The van der Waals surface area contributed by atoms with Crippen LogP contribution in [0.1, 0.15) is 36.2 Å². The number of benzene rings is 1. The summed E-state index contributed by atoms with van der Waals surface area (Å²) >= 11 is 0. The standard InChI is InChI=1S/C20H21N7O2/c1-13(27-12-21-11-23-27)19(28)25-16-5-7-17(8-6-16)26-20(29)14-2-9-18(22-10-14)24-15-3-4-15/h2,5-13,15H,3-4H2,1H3,(H,22,24)(H,25,28)(H,26,29). The number of hydrogen-bond donors (Lipinski definition) is 3. The number of carbonyl (C=O) groups is 2. The van der Waals surface area contributed by atoms with Crippen LogP contribution in [-0.4, -0.2) is 37.6 Å². The predicted octanol–water partition coefficient (Wildman–Crippen LogP) is 2.70. The second-order valence-corrected chi connectivity index (χ2v) is 6.92. The SMILES string of the molecule is CC(C(=O)Nc1ccc(NC(=O)c2ccc(NC3CC3)nc2)cc1)n1cncn1. The molecule has 1 aromatic carbocycles. The minimum absolute atomic E-state index is 0.210. The highest BCUT2D eigenvalue weighted by Gasteiger charge is 2.21. The molecular formula is C20H21N7O2. The number of aromatic nitrogens is 4. The van der Waals surface area contributed by atoms with Crippen molar-refractivity contribution in [2.24, 2.45) is 0 Å². The molecule has 0 aliphatic heterocycles. The summed E-state index contributed by atoms with van der Waals surface area (Å²) in [5.74, 6) is 0.328.